The second-order valence-corrected chi connectivity index (χ2v) is 6.62. The van der Waals surface area contributed by atoms with E-state index < -0.39 is 0 Å². The number of benzene rings is 1. The zero-order chi connectivity index (χ0) is 14.9. The summed E-state index contributed by atoms with van der Waals surface area (Å²) in [6.07, 6.45) is 4.34. The molecule has 1 aromatic carbocycles. The van der Waals surface area contributed by atoms with Gasteiger partial charge in [-0.2, -0.15) is 0 Å². The van der Waals surface area contributed by atoms with E-state index in [1.807, 2.05) is 0 Å². The van der Waals surface area contributed by atoms with Crippen molar-refractivity contribution in [2.24, 2.45) is 5.41 Å². The van der Waals surface area contributed by atoms with Crippen molar-refractivity contribution in [3.05, 3.63) is 35.4 Å². The molecule has 3 nitrogen and oxygen atoms in total. The molecule has 2 aliphatic rings. The maximum absolute atomic E-state index is 12.8. The molecule has 3 rings (SSSR count). The first kappa shape index (κ1) is 14.6. The van der Waals surface area contributed by atoms with E-state index in [4.69, 9.17) is 0 Å². The van der Waals surface area contributed by atoms with Crippen molar-refractivity contribution in [3.63, 3.8) is 0 Å². The van der Waals surface area contributed by atoms with E-state index >= 15 is 0 Å². The van der Waals surface area contributed by atoms with Crippen LogP contribution in [-0.4, -0.2) is 29.9 Å². The van der Waals surface area contributed by atoms with Gasteiger partial charge in [0, 0.05) is 19.6 Å². The van der Waals surface area contributed by atoms with Crippen LogP contribution in [-0.2, 0) is 17.8 Å². The second kappa shape index (κ2) is 5.80. The van der Waals surface area contributed by atoms with Gasteiger partial charge in [-0.3, -0.25) is 4.79 Å². The van der Waals surface area contributed by atoms with Gasteiger partial charge in [-0.1, -0.05) is 38.1 Å². The fourth-order valence-corrected chi connectivity index (χ4v) is 3.80. The predicted octanol–water partition coefficient (Wildman–Crippen LogP) is 2.74. The normalized spacial score (nSPS) is 23.9. The molecule has 1 atom stereocenters. The Kier molecular flexibility index (Phi) is 4.03. The Hall–Kier alpha value is -1.35. The molecular weight excluding hydrogens is 260 g/mol. The fraction of sp³-hybridized carbons (Fsp3) is 0.611. The highest BCUT2D eigenvalue weighted by Gasteiger charge is 2.39. The highest BCUT2D eigenvalue weighted by molar-refractivity contribution is 5.83. The lowest BCUT2D eigenvalue weighted by molar-refractivity contribution is -0.133. The van der Waals surface area contributed by atoms with Crippen LogP contribution in [0.15, 0.2) is 24.3 Å². The maximum atomic E-state index is 12.8. The molecule has 0 saturated carbocycles. The summed E-state index contributed by atoms with van der Waals surface area (Å²) < 4.78 is 0. The average molecular weight is 286 g/mol. The van der Waals surface area contributed by atoms with Gasteiger partial charge in [0.05, 0.1) is 6.04 Å². The molecule has 2 heterocycles. The van der Waals surface area contributed by atoms with E-state index in [9.17, 15) is 4.79 Å². The van der Waals surface area contributed by atoms with E-state index in [1.165, 1.54) is 24.0 Å². The Morgan fingerprint density at radius 1 is 1.29 bits per heavy atom. The third kappa shape index (κ3) is 2.71. The Morgan fingerprint density at radius 2 is 2.00 bits per heavy atom. The van der Waals surface area contributed by atoms with Gasteiger partial charge in [-0.15, -0.1) is 0 Å². The lowest BCUT2D eigenvalue weighted by Gasteiger charge is -2.31. The number of amides is 1. The summed E-state index contributed by atoms with van der Waals surface area (Å²) >= 11 is 0. The van der Waals surface area contributed by atoms with Crippen LogP contribution in [0.3, 0.4) is 0 Å². The molecule has 114 valence electrons. The lowest BCUT2D eigenvalue weighted by Crippen LogP contribution is -2.49. The number of hydrogen-bond acceptors (Lipinski definition) is 2. The smallest absolute Gasteiger partial charge is 0.240 e. The van der Waals surface area contributed by atoms with Crippen molar-refractivity contribution >= 4 is 5.91 Å². The zero-order valence-electron chi connectivity index (χ0n) is 13.2. The van der Waals surface area contributed by atoms with Crippen LogP contribution in [0.5, 0.6) is 0 Å². The molecular formula is C18H26N2O. The standard InChI is InChI=1S/C18H26N2O/c1-3-18(4-2)9-10-20(13-18)17(21)16-11-14-7-5-6-8-15(14)12-19-16/h5-8,16,19H,3-4,9-13H2,1-2H3/t16-/m0/s1. The quantitative estimate of drug-likeness (QED) is 0.926. The van der Waals surface area contributed by atoms with Crippen LogP contribution in [0.1, 0.15) is 44.2 Å². The monoisotopic (exact) mass is 286 g/mol. The van der Waals surface area contributed by atoms with Crippen LogP contribution < -0.4 is 5.32 Å². The molecule has 21 heavy (non-hydrogen) atoms. The number of hydrogen-bond donors (Lipinski definition) is 1. The first-order valence-electron chi connectivity index (χ1n) is 8.26. The van der Waals surface area contributed by atoms with E-state index in [-0.39, 0.29) is 6.04 Å². The molecule has 2 aliphatic heterocycles. The minimum atomic E-state index is -0.0376. The molecule has 0 radical (unpaired) electrons. The summed E-state index contributed by atoms with van der Waals surface area (Å²) in [5, 5.41) is 3.42. The van der Waals surface area contributed by atoms with Gasteiger partial charge in [-0.05, 0) is 42.2 Å². The molecule has 0 aromatic heterocycles. The van der Waals surface area contributed by atoms with Gasteiger partial charge < -0.3 is 10.2 Å². The molecule has 0 aliphatic carbocycles. The molecule has 1 amide bonds. The Labute approximate surface area is 127 Å². The highest BCUT2D eigenvalue weighted by Crippen LogP contribution is 2.37. The van der Waals surface area contributed by atoms with Gasteiger partial charge in [0.15, 0.2) is 0 Å². The molecule has 1 saturated heterocycles. The molecule has 0 spiro atoms. The van der Waals surface area contributed by atoms with Crippen molar-refractivity contribution in [1.29, 1.82) is 0 Å². The van der Waals surface area contributed by atoms with E-state index in [0.717, 1.165) is 32.5 Å². The van der Waals surface area contributed by atoms with Crippen LogP contribution >= 0.6 is 0 Å². The average Bonchev–Trinajstić information content (AvgIpc) is 2.99. The number of fused-ring (bicyclic) bond motifs is 1. The SMILES string of the molecule is CCC1(CC)CCN(C(=O)[C@@H]2Cc3ccccc3CN2)C1. The number of carbonyl (C=O) groups excluding carboxylic acids is 1. The predicted molar refractivity (Wildman–Crippen MR) is 85.0 cm³/mol. The fourth-order valence-electron chi connectivity index (χ4n) is 3.80. The first-order chi connectivity index (χ1) is 10.2. The van der Waals surface area contributed by atoms with Crippen LogP contribution in [0, 0.1) is 5.41 Å². The third-order valence-corrected chi connectivity index (χ3v) is 5.63. The third-order valence-electron chi connectivity index (χ3n) is 5.63. The summed E-state index contributed by atoms with van der Waals surface area (Å²) in [5.74, 6) is 0.299. The summed E-state index contributed by atoms with van der Waals surface area (Å²) in [6, 6.07) is 8.41. The number of rotatable bonds is 3. The molecule has 3 heteroatoms. The van der Waals surface area contributed by atoms with Gasteiger partial charge in [0.1, 0.15) is 0 Å². The molecule has 1 N–H and O–H groups in total. The van der Waals surface area contributed by atoms with E-state index in [0.29, 0.717) is 11.3 Å². The summed E-state index contributed by atoms with van der Waals surface area (Å²) in [5.41, 5.74) is 3.02. The van der Waals surface area contributed by atoms with E-state index in [1.54, 1.807) is 0 Å². The van der Waals surface area contributed by atoms with Crippen molar-refractivity contribution < 1.29 is 4.79 Å². The van der Waals surface area contributed by atoms with Crippen molar-refractivity contribution in [1.82, 2.24) is 10.2 Å². The number of carbonyl (C=O) groups is 1. The summed E-state index contributed by atoms with van der Waals surface area (Å²) in [7, 11) is 0. The Morgan fingerprint density at radius 3 is 2.67 bits per heavy atom. The van der Waals surface area contributed by atoms with Crippen LogP contribution in [0.2, 0.25) is 0 Å². The Balaban J connectivity index is 1.68. The van der Waals surface area contributed by atoms with Crippen molar-refractivity contribution in [2.75, 3.05) is 13.1 Å². The highest BCUT2D eigenvalue weighted by atomic mass is 16.2. The molecule has 0 bridgehead atoms. The number of nitrogens with zero attached hydrogens (tertiary/aromatic N) is 1. The minimum absolute atomic E-state index is 0.0376. The minimum Gasteiger partial charge on any atom is -0.341 e. The Bertz CT molecular complexity index is 522. The van der Waals surface area contributed by atoms with Crippen LogP contribution in [0.4, 0.5) is 0 Å². The van der Waals surface area contributed by atoms with Gasteiger partial charge in [0.25, 0.3) is 0 Å². The van der Waals surface area contributed by atoms with Crippen LogP contribution in [0.25, 0.3) is 0 Å². The van der Waals surface area contributed by atoms with Crippen molar-refractivity contribution in [2.45, 2.75) is 52.1 Å². The molecule has 1 fully saturated rings. The number of nitrogens with one attached hydrogen (secondary N) is 1. The molecule has 1 aromatic rings. The van der Waals surface area contributed by atoms with Gasteiger partial charge in [0.2, 0.25) is 5.91 Å². The largest absolute Gasteiger partial charge is 0.341 e. The van der Waals surface area contributed by atoms with E-state index in [2.05, 4.69) is 48.3 Å². The van der Waals surface area contributed by atoms with Gasteiger partial charge in [-0.25, -0.2) is 0 Å². The number of likely N-dealkylation sites (tertiary alicyclic amines) is 1. The maximum Gasteiger partial charge on any atom is 0.240 e. The lowest BCUT2D eigenvalue weighted by atomic mass is 9.82. The molecule has 0 unspecified atom stereocenters. The zero-order valence-corrected chi connectivity index (χ0v) is 13.2. The van der Waals surface area contributed by atoms with Crippen molar-refractivity contribution in [3.8, 4) is 0 Å². The van der Waals surface area contributed by atoms with Gasteiger partial charge >= 0.3 is 0 Å². The first-order valence-corrected chi connectivity index (χ1v) is 8.26. The summed E-state index contributed by atoms with van der Waals surface area (Å²) in [6.45, 7) is 7.20. The second-order valence-electron chi connectivity index (χ2n) is 6.62. The topological polar surface area (TPSA) is 32.3 Å². The summed E-state index contributed by atoms with van der Waals surface area (Å²) in [4.78, 5) is 14.9.